The summed E-state index contributed by atoms with van der Waals surface area (Å²) in [4.78, 5) is 24.9. The first-order valence-electron chi connectivity index (χ1n) is 10.9. The molecule has 3 rings (SSSR count). The maximum atomic E-state index is 12.8. The van der Waals surface area contributed by atoms with Crippen LogP contribution in [0.25, 0.3) is 6.08 Å². The summed E-state index contributed by atoms with van der Waals surface area (Å²) in [5.74, 6) is -0.521. The zero-order chi connectivity index (χ0) is 24.2. The number of hydrogen-bond acceptors (Lipinski definition) is 5. The molecule has 0 saturated heterocycles. The minimum absolute atomic E-state index is 0.0202. The van der Waals surface area contributed by atoms with E-state index in [2.05, 4.69) is 17.4 Å². The van der Waals surface area contributed by atoms with Crippen LogP contribution in [0, 0.1) is 11.3 Å². The lowest BCUT2D eigenvalue weighted by molar-refractivity contribution is -0.117. The molecule has 6 nitrogen and oxygen atoms in total. The highest BCUT2D eigenvalue weighted by Gasteiger charge is 2.14. The van der Waals surface area contributed by atoms with Gasteiger partial charge in [0.1, 0.15) is 17.4 Å². The van der Waals surface area contributed by atoms with Crippen LogP contribution >= 0.6 is 0 Å². The highest BCUT2D eigenvalue weighted by molar-refractivity contribution is 6.01. The molecule has 0 radical (unpaired) electrons. The number of carbonyl (C=O) groups excluding carboxylic acids is 2. The standard InChI is InChI=1S/C28H26N2O4/c1-33-18-17-30-27(31)24(20-29)19-22-12-15-25(16-13-22)34-28(32)26-10-6-5-9-23(26)14-11-21-7-3-2-4-8-21/h2-10,12-13,15-16,19H,11,14,17-18H2,1H3,(H,30,31)/b24-19+. The highest BCUT2D eigenvalue weighted by Crippen LogP contribution is 2.19. The Hall–Kier alpha value is -4.21. The molecule has 0 aliphatic carbocycles. The van der Waals surface area contributed by atoms with Crippen LogP contribution < -0.4 is 10.1 Å². The van der Waals surface area contributed by atoms with E-state index in [1.165, 1.54) is 18.7 Å². The number of methoxy groups -OCH3 is 1. The van der Waals surface area contributed by atoms with Crippen LogP contribution in [0.4, 0.5) is 0 Å². The molecule has 0 fully saturated rings. The van der Waals surface area contributed by atoms with Crippen LogP contribution in [0.1, 0.15) is 27.0 Å². The van der Waals surface area contributed by atoms with E-state index in [1.807, 2.05) is 42.5 Å². The van der Waals surface area contributed by atoms with Crippen molar-refractivity contribution >= 4 is 18.0 Å². The number of nitrogens with one attached hydrogen (secondary N) is 1. The summed E-state index contributed by atoms with van der Waals surface area (Å²) in [5, 5.41) is 11.9. The molecule has 6 heteroatoms. The molecule has 3 aromatic carbocycles. The van der Waals surface area contributed by atoms with Gasteiger partial charge in [-0.15, -0.1) is 0 Å². The van der Waals surface area contributed by atoms with E-state index in [0.29, 0.717) is 30.0 Å². The first-order valence-corrected chi connectivity index (χ1v) is 10.9. The molecule has 0 bridgehead atoms. The lowest BCUT2D eigenvalue weighted by Crippen LogP contribution is -2.27. The number of carbonyl (C=O) groups is 2. The number of amides is 1. The van der Waals surface area contributed by atoms with Crippen molar-refractivity contribution in [3.63, 3.8) is 0 Å². The fourth-order valence-corrected chi connectivity index (χ4v) is 3.33. The van der Waals surface area contributed by atoms with E-state index in [0.717, 1.165) is 18.4 Å². The summed E-state index contributed by atoms with van der Waals surface area (Å²) in [6.45, 7) is 0.677. The third kappa shape index (κ3) is 7.16. The Bertz CT molecular complexity index is 1180. The van der Waals surface area contributed by atoms with Crippen molar-refractivity contribution in [3.05, 3.63) is 107 Å². The van der Waals surface area contributed by atoms with Gasteiger partial charge in [-0.05, 0) is 53.8 Å². The Balaban J connectivity index is 1.65. The molecule has 3 aromatic rings. The molecule has 0 saturated carbocycles. The van der Waals surface area contributed by atoms with Gasteiger partial charge in [0.25, 0.3) is 5.91 Å². The zero-order valence-electron chi connectivity index (χ0n) is 19.0. The quantitative estimate of drug-likeness (QED) is 0.162. The lowest BCUT2D eigenvalue weighted by atomic mass is 10.00. The van der Waals surface area contributed by atoms with E-state index < -0.39 is 11.9 Å². The van der Waals surface area contributed by atoms with Crippen molar-refractivity contribution in [2.75, 3.05) is 20.3 Å². The molecular weight excluding hydrogens is 428 g/mol. The van der Waals surface area contributed by atoms with Gasteiger partial charge >= 0.3 is 5.97 Å². The maximum Gasteiger partial charge on any atom is 0.343 e. The van der Waals surface area contributed by atoms with Crippen molar-refractivity contribution < 1.29 is 19.1 Å². The largest absolute Gasteiger partial charge is 0.423 e. The highest BCUT2D eigenvalue weighted by atomic mass is 16.5. The van der Waals surface area contributed by atoms with E-state index in [1.54, 1.807) is 30.3 Å². The monoisotopic (exact) mass is 454 g/mol. The summed E-state index contributed by atoms with van der Waals surface area (Å²) in [7, 11) is 1.53. The third-order valence-corrected chi connectivity index (χ3v) is 5.12. The number of benzene rings is 3. The Kier molecular flexibility index (Phi) is 9.15. The van der Waals surface area contributed by atoms with Gasteiger partial charge in [-0.3, -0.25) is 4.79 Å². The van der Waals surface area contributed by atoms with Gasteiger partial charge in [0.2, 0.25) is 0 Å². The Morgan fingerprint density at radius 3 is 2.35 bits per heavy atom. The SMILES string of the molecule is COCCNC(=O)/C(C#N)=C/c1ccc(OC(=O)c2ccccc2CCc2ccccc2)cc1. The molecular formula is C28H26N2O4. The number of nitriles is 1. The van der Waals surface area contributed by atoms with E-state index in [4.69, 9.17) is 9.47 Å². The number of aryl methyl sites for hydroxylation is 2. The smallest absolute Gasteiger partial charge is 0.343 e. The van der Waals surface area contributed by atoms with Gasteiger partial charge in [-0.1, -0.05) is 60.7 Å². The minimum atomic E-state index is -0.470. The fraction of sp³-hybridized carbons (Fsp3) is 0.179. The molecule has 0 aromatic heterocycles. The fourth-order valence-electron chi connectivity index (χ4n) is 3.33. The number of rotatable bonds is 10. The number of esters is 1. The second kappa shape index (κ2) is 12.7. The molecule has 34 heavy (non-hydrogen) atoms. The minimum Gasteiger partial charge on any atom is -0.423 e. The predicted octanol–water partition coefficient (Wildman–Crippen LogP) is 4.36. The molecule has 1 N–H and O–H groups in total. The summed E-state index contributed by atoms with van der Waals surface area (Å²) in [6.07, 6.45) is 3.03. The molecule has 0 spiro atoms. The summed E-state index contributed by atoms with van der Waals surface area (Å²) in [6, 6.07) is 26.1. The number of hydrogen-bond donors (Lipinski definition) is 1. The average molecular weight is 455 g/mol. The van der Waals surface area contributed by atoms with Gasteiger partial charge in [-0.2, -0.15) is 5.26 Å². The molecule has 0 unspecified atom stereocenters. The molecule has 0 aliphatic heterocycles. The van der Waals surface area contributed by atoms with Gasteiger partial charge in [0.15, 0.2) is 0 Å². The lowest BCUT2D eigenvalue weighted by Gasteiger charge is -2.10. The third-order valence-electron chi connectivity index (χ3n) is 5.12. The van der Waals surface area contributed by atoms with Gasteiger partial charge in [0, 0.05) is 13.7 Å². The first kappa shape index (κ1) is 24.4. The maximum absolute atomic E-state index is 12.8. The predicted molar refractivity (Wildman–Crippen MR) is 130 cm³/mol. The van der Waals surface area contributed by atoms with Gasteiger partial charge in [-0.25, -0.2) is 4.79 Å². The number of nitrogens with zero attached hydrogens (tertiary/aromatic N) is 1. The van der Waals surface area contributed by atoms with Crippen LogP contribution in [-0.2, 0) is 22.4 Å². The Morgan fingerprint density at radius 1 is 0.941 bits per heavy atom. The topological polar surface area (TPSA) is 88.4 Å². The molecule has 172 valence electrons. The van der Waals surface area contributed by atoms with E-state index >= 15 is 0 Å². The van der Waals surface area contributed by atoms with E-state index in [-0.39, 0.29) is 5.57 Å². The summed E-state index contributed by atoms with van der Waals surface area (Å²) >= 11 is 0. The summed E-state index contributed by atoms with van der Waals surface area (Å²) < 4.78 is 10.5. The molecule has 1 amide bonds. The Morgan fingerprint density at radius 2 is 1.65 bits per heavy atom. The normalized spacial score (nSPS) is 10.9. The van der Waals surface area contributed by atoms with Crippen molar-refractivity contribution in [2.24, 2.45) is 0 Å². The second-order valence-electron chi connectivity index (χ2n) is 7.52. The molecule has 0 atom stereocenters. The van der Waals surface area contributed by atoms with Crippen LogP contribution in [0.3, 0.4) is 0 Å². The van der Waals surface area contributed by atoms with Crippen molar-refractivity contribution in [1.82, 2.24) is 5.32 Å². The number of ether oxygens (including phenoxy) is 2. The van der Waals surface area contributed by atoms with Crippen LogP contribution in [0.2, 0.25) is 0 Å². The molecule has 0 heterocycles. The average Bonchev–Trinajstić information content (AvgIpc) is 2.87. The summed E-state index contributed by atoms with van der Waals surface area (Å²) in [5.41, 5.74) is 3.28. The van der Waals surface area contributed by atoms with Crippen LogP contribution in [0.15, 0.2) is 84.4 Å². The van der Waals surface area contributed by atoms with Gasteiger partial charge in [0.05, 0.1) is 12.2 Å². The first-order chi connectivity index (χ1) is 16.6. The molecule has 0 aliphatic rings. The van der Waals surface area contributed by atoms with Crippen LogP contribution in [-0.4, -0.2) is 32.1 Å². The Labute approximate surface area is 199 Å². The van der Waals surface area contributed by atoms with Crippen molar-refractivity contribution in [3.8, 4) is 11.8 Å². The van der Waals surface area contributed by atoms with Crippen molar-refractivity contribution in [1.29, 1.82) is 5.26 Å². The second-order valence-corrected chi connectivity index (χ2v) is 7.52. The van der Waals surface area contributed by atoms with Gasteiger partial charge < -0.3 is 14.8 Å². The van der Waals surface area contributed by atoms with Crippen LogP contribution in [0.5, 0.6) is 5.75 Å². The van der Waals surface area contributed by atoms with E-state index in [9.17, 15) is 14.9 Å². The zero-order valence-corrected chi connectivity index (χ0v) is 19.0. The van der Waals surface area contributed by atoms with Crippen molar-refractivity contribution in [2.45, 2.75) is 12.8 Å².